The Hall–Kier alpha value is -1.60. The summed E-state index contributed by atoms with van der Waals surface area (Å²) in [6.45, 7) is 1.99. The van der Waals surface area contributed by atoms with E-state index in [1.165, 1.54) is 0 Å². The van der Waals surface area contributed by atoms with Gasteiger partial charge in [-0.1, -0.05) is 12.1 Å². The van der Waals surface area contributed by atoms with Crippen LogP contribution in [0.2, 0.25) is 0 Å². The van der Waals surface area contributed by atoms with Gasteiger partial charge in [-0.2, -0.15) is 0 Å². The summed E-state index contributed by atoms with van der Waals surface area (Å²) in [5.41, 5.74) is 0.869. The van der Waals surface area contributed by atoms with Crippen molar-refractivity contribution in [2.75, 3.05) is 29.4 Å². The first-order valence-electron chi connectivity index (χ1n) is 7.01. The lowest BCUT2D eigenvalue weighted by Gasteiger charge is -2.12. The molecule has 21 heavy (non-hydrogen) atoms. The van der Waals surface area contributed by atoms with E-state index in [0.29, 0.717) is 23.7 Å². The minimum atomic E-state index is -3.37. The van der Waals surface area contributed by atoms with Crippen molar-refractivity contribution in [2.45, 2.75) is 19.3 Å². The maximum Gasteiger partial charge on any atom is 0.229 e. The van der Waals surface area contributed by atoms with Crippen LogP contribution in [0.15, 0.2) is 24.3 Å². The molecule has 1 amide bonds. The first kappa shape index (κ1) is 15.8. The lowest BCUT2D eigenvalue weighted by atomic mass is 10.0. The van der Waals surface area contributed by atoms with Crippen molar-refractivity contribution in [1.29, 1.82) is 0 Å². The van der Waals surface area contributed by atoms with E-state index < -0.39 is 10.0 Å². The molecule has 0 aliphatic carbocycles. The Morgan fingerprint density at radius 2 is 2.05 bits per heavy atom. The summed E-state index contributed by atoms with van der Waals surface area (Å²) in [6, 6.07) is 6.78. The molecule has 1 saturated heterocycles. The Bertz CT molecular complexity index is 595. The number of nitrogens with one attached hydrogen (secondary N) is 3. The van der Waals surface area contributed by atoms with Crippen LogP contribution in [-0.4, -0.2) is 33.7 Å². The van der Waals surface area contributed by atoms with Gasteiger partial charge >= 0.3 is 0 Å². The summed E-state index contributed by atoms with van der Waals surface area (Å²) in [6.07, 6.45) is 3.48. The Morgan fingerprint density at radius 1 is 1.33 bits per heavy atom. The van der Waals surface area contributed by atoms with Gasteiger partial charge in [0.05, 0.1) is 17.6 Å². The average molecular weight is 311 g/mol. The van der Waals surface area contributed by atoms with Gasteiger partial charge in [-0.25, -0.2) is 8.42 Å². The number of rotatable bonds is 6. The van der Waals surface area contributed by atoms with Crippen molar-refractivity contribution in [3.05, 3.63) is 24.3 Å². The summed E-state index contributed by atoms with van der Waals surface area (Å²) >= 11 is 0. The van der Waals surface area contributed by atoms with Crippen molar-refractivity contribution in [3.63, 3.8) is 0 Å². The number of carbonyl (C=O) groups is 1. The van der Waals surface area contributed by atoms with Crippen LogP contribution in [0.25, 0.3) is 0 Å². The van der Waals surface area contributed by atoms with E-state index in [0.717, 1.165) is 32.2 Å². The second-order valence-corrected chi connectivity index (χ2v) is 7.11. The molecule has 1 unspecified atom stereocenters. The zero-order chi connectivity index (χ0) is 15.3. The summed E-state index contributed by atoms with van der Waals surface area (Å²) in [7, 11) is -3.37. The van der Waals surface area contributed by atoms with E-state index >= 15 is 0 Å². The predicted molar refractivity (Wildman–Crippen MR) is 83.7 cm³/mol. The molecule has 1 heterocycles. The van der Waals surface area contributed by atoms with Gasteiger partial charge in [0.2, 0.25) is 15.9 Å². The molecule has 0 radical (unpaired) electrons. The van der Waals surface area contributed by atoms with Gasteiger partial charge in [-0.15, -0.1) is 0 Å². The summed E-state index contributed by atoms with van der Waals surface area (Å²) in [5.74, 6) is 0.463. The summed E-state index contributed by atoms with van der Waals surface area (Å²) in [4.78, 5) is 12.0. The van der Waals surface area contributed by atoms with E-state index in [9.17, 15) is 13.2 Å². The molecular weight excluding hydrogens is 290 g/mol. The smallest absolute Gasteiger partial charge is 0.229 e. The number of sulfonamides is 1. The number of carbonyl (C=O) groups excluding carboxylic acids is 1. The number of hydrogen-bond donors (Lipinski definition) is 3. The highest BCUT2D eigenvalue weighted by atomic mass is 32.2. The molecule has 3 N–H and O–H groups in total. The zero-order valence-corrected chi connectivity index (χ0v) is 12.9. The fourth-order valence-electron chi connectivity index (χ4n) is 2.39. The SMILES string of the molecule is CS(=O)(=O)Nc1ccccc1NC(=O)CCC1CCNC1. The zero-order valence-electron chi connectivity index (χ0n) is 12.1. The van der Waals surface area contributed by atoms with E-state index in [1.54, 1.807) is 24.3 Å². The van der Waals surface area contributed by atoms with Gasteiger partial charge in [0.1, 0.15) is 0 Å². The van der Waals surface area contributed by atoms with Gasteiger partial charge < -0.3 is 10.6 Å². The highest BCUT2D eigenvalue weighted by molar-refractivity contribution is 7.92. The highest BCUT2D eigenvalue weighted by Gasteiger charge is 2.16. The molecule has 0 aromatic heterocycles. The van der Waals surface area contributed by atoms with Gasteiger partial charge in [0.15, 0.2) is 0 Å². The summed E-state index contributed by atoms with van der Waals surface area (Å²) in [5, 5.41) is 6.04. The Labute approximate surface area is 125 Å². The molecular formula is C14H21N3O3S. The molecule has 1 fully saturated rings. The predicted octanol–water partition coefficient (Wildman–Crippen LogP) is 1.39. The number of hydrogen-bond acceptors (Lipinski definition) is 4. The first-order chi connectivity index (χ1) is 9.94. The van der Waals surface area contributed by atoms with Crippen LogP contribution in [0.1, 0.15) is 19.3 Å². The molecule has 0 bridgehead atoms. The van der Waals surface area contributed by atoms with Crippen LogP contribution in [0.4, 0.5) is 11.4 Å². The van der Waals surface area contributed by atoms with Gasteiger partial charge in [-0.05, 0) is 44.0 Å². The summed E-state index contributed by atoms with van der Waals surface area (Å²) < 4.78 is 25.0. The maximum absolute atomic E-state index is 12.0. The molecule has 1 atom stereocenters. The van der Waals surface area contributed by atoms with Crippen molar-refractivity contribution < 1.29 is 13.2 Å². The van der Waals surface area contributed by atoms with Gasteiger partial charge in [0.25, 0.3) is 0 Å². The Kier molecular flexibility index (Phi) is 5.19. The Balaban J connectivity index is 1.93. The van der Waals surface area contributed by atoms with Crippen LogP contribution >= 0.6 is 0 Å². The maximum atomic E-state index is 12.0. The minimum absolute atomic E-state index is 0.0929. The molecule has 116 valence electrons. The van der Waals surface area contributed by atoms with Crippen LogP contribution in [0, 0.1) is 5.92 Å². The minimum Gasteiger partial charge on any atom is -0.324 e. The lowest BCUT2D eigenvalue weighted by molar-refractivity contribution is -0.116. The molecule has 7 heteroatoms. The molecule has 1 aliphatic heterocycles. The van der Waals surface area contributed by atoms with Crippen molar-refractivity contribution in [1.82, 2.24) is 5.32 Å². The molecule has 1 aromatic rings. The topological polar surface area (TPSA) is 87.3 Å². The van der Waals surface area contributed by atoms with Crippen LogP contribution in [-0.2, 0) is 14.8 Å². The number of benzene rings is 1. The van der Waals surface area contributed by atoms with Crippen molar-refractivity contribution in [3.8, 4) is 0 Å². The average Bonchev–Trinajstić information content (AvgIpc) is 2.90. The van der Waals surface area contributed by atoms with E-state index in [2.05, 4.69) is 15.4 Å². The normalized spacial score (nSPS) is 18.4. The first-order valence-corrected chi connectivity index (χ1v) is 8.90. The van der Waals surface area contributed by atoms with Crippen molar-refractivity contribution in [2.24, 2.45) is 5.92 Å². The third kappa shape index (κ3) is 5.35. The molecule has 6 nitrogen and oxygen atoms in total. The number of anilines is 2. The lowest BCUT2D eigenvalue weighted by Crippen LogP contribution is -2.17. The fraction of sp³-hybridized carbons (Fsp3) is 0.500. The van der Waals surface area contributed by atoms with Crippen molar-refractivity contribution >= 4 is 27.3 Å². The molecule has 2 rings (SSSR count). The van der Waals surface area contributed by atoms with E-state index in [-0.39, 0.29) is 5.91 Å². The third-order valence-electron chi connectivity index (χ3n) is 3.44. The largest absolute Gasteiger partial charge is 0.324 e. The van der Waals surface area contributed by atoms with Crippen LogP contribution in [0.5, 0.6) is 0 Å². The number of amides is 1. The highest BCUT2D eigenvalue weighted by Crippen LogP contribution is 2.22. The second kappa shape index (κ2) is 6.91. The number of para-hydroxylation sites is 2. The molecule has 1 aliphatic rings. The molecule has 0 spiro atoms. The standard InChI is InChI=1S/C14H21N3O3S/c1-21(19,20)17-13-5-3-2-4-12(13)16-14(18)7-6-11-8-9-15-10-11/h2-5,11,15,17H,6-10H2,1H3,(H,16,18). The van der Waals surface area contributed by atoms with Gasteiger partial charge in [-0.3, -0.25) is 9.52 Å². The van der Waals surface area contributed by atoms with Crippen LogP contribution < -0.4 is 15.4 Å². The van der Waals surface area contributed by atoms with E-state index in [1.807, 2.05) is 0 Å². The molecule has 0 saturated carbocycles. The molecule has 1 aromatic carbocycles. The van der Waals surface area contributed by atoms with Gasteiger partial charge in [0, 0.05) is 6.42 Å². The quantitative estimate of drug-likeness (QED) is 0.741. The third-order valence-corrected chi connectivity index (χ3v) is 4.03. The fourth-order valence-corrected chi connectivity index (χ4v) is 2.97. The monoisotopic (exact) mass is 311 g/mol. The Morgan fingerprint density at radius 3 is 2.67 bits per heavy atom. The second-order valence-electron chi connectivity index (χ2n) is 5.37. The van der Waals surface area contributed by atoms with Crippen LogP contribution in [0.3, 0.4) is 0 Å². The van der Waals surface area contributed by atoms with E-state index in [4.69, 9.17) is 0 Å².